The summed E-state index contributed by atoms with van der Waals surface area (Å²) in [7, 11) is -4.09. The first kappa shape index (κ1) is 17.5. The van der Waals surface area contributed by atoms with Crippen molar-refractivity contribution in [3.05, 3.63) is 59.1 Å². The second kappa shape index (κ2) is 6.68. The second-order valence-corrected chi connectivity index (χ2v) is 9.27. The smallest absolute Gasteiger partial charge is 0.241 e. The van der Waals surface area contributed by atoms with E-state index >= 15 is 0 Å². The zero-order valence-electron chi connectivity index (χ0n) is 13.7. The van der Waals surface area contributed by atoms with E-state index in [-0.39, 0.29) is 12.5 Å². The number of aromatic nitrogens is 1. The molecule has 1 aliphatic heterocycles. The van der Waals surface area contributed by atoms with E-state index in [1.54, 1.807) is 11.3 Å². The quantitative estimate of drug-likeness (QED) is 0.671. The zero-order chi connectivity index (χ0) is 18.3. The summed E-state index contributed by atoms with van der Waals surface area (Å²) in [5.74, 6) is -1.76. The van der Waals surface area contributed by atoms with Crippen molar-refractivity contribution in [3.8, 4) is 0 Å². The molecule has 2 aromatic carbocycles. The number of thiazole rings is 1. The Morgan fingerprint density at radius 1 is 1.15 bits per heavy atom. The Kier molecular flexibility index (Phi) is 4.50. The van der Waals surface area contributed by atoms with E-state index in [0.29, 0.717) is 13.0 Å². The van der Waals surface area contributed by atoms with Crippen molar-refractivity contribution < 1.29 is 17.2 Å². The van der Waals surface area contributed by atoms with E-state index in [0.717, 1.165) is 39.8 Å². The van der Waals surface area contributed by atoms with Crippen molar-refractivity contribution in [1.82, 2.24) is 9.29 Å². The predicted molar refractivity (Wildman–Crippen MR) is 96.7 cm³/mol. The number of halogens is 2. The van der Waals surface area contributed by atoms with E-state index in [4.69, 9.17) is 0 Å². The molecular formula is C18H16F2N2O2S2. The minimum Gasteiger partial charge on any atom is -0.241 e. The molecule has 3 aromatic rings. The van der Waals surface area contributed by atoms with Crippen LogP contribution in [-0.2, 0) is 10.0 Å². The Hall–Kier alpha value is -1.90. The monoisotopic (exact) mass is 394 g/mol. The number of fused-ring (bicyclic) bond motifs is 1. The SMILES string of the molecule is O=S(=O)(c1cc(F)ccc1F)N1CCC[C@H](c2nc3ccccc3s2)C1. The fraction of sp³-hybridized carbons (Fsp3) is 0.278. The third kappa shape index (κ3) is 3.13. The van der Waals surface area contributed by atoms with Gasteiger partial charge >= 0.3 is 0 Å². The van der Waals surface area contributed by atoms with Gasteiger partial charge in [0.1, 0.15) is 16.5 Å². The van der Waals surface area contributed by atoms with Crippen LogP contribution in [0.5, 0.6) is 0 Å². The summed E-state index contributed by atoms with van der Waals surface area (Å²) >= 11 is 1.55. The van der Waals surface area contributed by atoms with Crippen molar-refractivity contribution in [1.29, 1.82) is 0 Å². The molecule has 0 unspecified atom stereocenters. The fourth-order valence-corrected chi connectivity index (χ4v) is 5.93. The van der Waals surface area contributed by atoms with Crippen molar-refractivity contribution in [2.45, 2.75) is 23.7 Å². The summed E-state index contributed by atoms with van der Waals surface area (Å²) in [5.41, 5.74) is 0.892. The topological polar surface area (TPSA) is 50.3 Å². The van der Waals surface area contributed by atoms with Crippen molar-refractivity contribution in [2.75, 3.05) is 13.1 Å². The number of hydrogen-bond acceptors (Lipinski definition) is 4. The Morgan fingerprint density at radius 3 is 2.77 bits per heavy atom. The van der Waals surface area contributed by atoms with E-state index < -0.39 is 26.6 Å². The molecule has 0 aliphatic carbocycles. The van der Waals surface area contributed by atoms with Crippen LogP contribution >= 0.6 is 11.3 Å². The summed E-state index contributed by atoms with van der Waals surface area (Å²) < 4.78 is 55.4. The van der Waals surface area contributed by atoms with E-state index in [9.17, 15) is 17.2 Å². The zero-order valence-corrected chi connectivity index (χ0v) is 15.4. The Balaban J connectivity index is 1.64. The minimum atomic E-state index is -4.09. The molecule has 0 bridgehead atoms. The lowest BCUT2D eigenvalue weighted by molar-refractivity contribution is 0.314. The van der Waals surface area contributed by atoms with Crippen LogP contribution in [0.15, 0.2) is 47.4 Å². The van der Waals surface area contributed by atoms with Gasteiger partial charge in [-0.3, -0.25) is 0 Å². The maximum atomic E-state index is 14.0. The minimum absolute atomic E-state index is 0.0486. The van der Waals surface area contributed by atoms with Crippen LogP contribution < -0.4 is 0 Å². The molecule has 1 aliphatic rings. The summed E-state index contributed by atoms with van der Waals surface area (Å²) in [6, 6.07) is 10.3. The molecule has 1 aromatic heterocycles. The largest absolute Gasteiger partial charge is 0.246 e. The second-order valence-electron chi connectivity index (χ2n) is 6.30. The van der Waals surface area contributed by atoms with Crippen LogP contribution in [-0.4, -0.2) is 30.8 Å². The number of nitrogens with zero attached hydrogens (tertiary/aromatic N) is 2. The van der Waals surface area contributed by atoms with Crippen LogP contribution in [0.4, 0.5) is 8.78 Å². The molecule has 0 saturated carbocycles. The lowest BCUT2D eigenvalue weighted by atomic mass is 10.0. The predicted octanol–water partition coefficient (Wildman–Crippen LogP) is 4.14. The van der Waals surface area contributed by atoms with E-state index in [2.05, 4.69) is 4.98 Å². The maximum absolute atomic E-state index is 14.0. The molecule has 1 saturated heterocycles. The van der Waals surface area contributed by atoms with Gasteiger partial charge in [-0.05, 0) is 43.2 Å². The Morgan fingerprint density at radius 2 is 1.96 bits per heavy atom. The highest BCUT2D eigenvalue weighted by Gasteiger charge is 2.34. The van der Waals surface area contributed by atoms with Crippen LogP contribution in [0.2, 0.25) is 0 Å². The number of piperidine rings is 1. The first-order chi connectivity index (χ1) is 12.4. The van der Waals surface area contributed by atoms with Gasteiger partial charge < -0.3 is 0 Å². The molecule has 2 heterocycles. The van der Waals surface area contributed by atoms with Gasteiger partial charge in [0.15, 0.2) is 0 Å². The number of hydrogen-bond donors (Lipinski definition) is 0. The average molecular weight is 394 g/mol. The summed E-state index contributed by atoms with van der Waals surface area (Å²) in [5, 5.41) is 0.880. The van der Waals surface area contributed by atoms with Crippen LogP contribution in [0.1, 0.15) is 23.8 Å². The summed E-state index contributed by atoms with van der Waals surface area (Å²) in [6.45, 7) is 0.512. The first-order valence-electron chi connectivity index (χ1n) is 8.26. The molecule has 0 spiro atoms. The van der Waals surface area contributed by atoms with Gasteiger partial charge in [0, 0.05) is 19.0 Å². The summed E-state index contributed by atoms with van der Waals surface area (Å²) in [4.78, 5) is 4.01. The molecule has 4 nitrogen and oxygen atoms in total. The van der Waals surface area contributed by atoms with Gasteiger partial charge in [-0.15, -0.1) is 11.3 Å². The average Bonchev–Trinajstić information content (AvgIpc) is 3.08. The van der Waals surface area contributed by atoms with Gasteiger partial charge in [-0.1, -0.05) is 12.1 Å². The standard InChI is InChI=1S/C18H16F2N2O2S2/c19-13-7-8-14(20)17(10-13)26(23,24)22-9-3-4-12(11-22)18-21-15-5-1-2-6-16(15)25-18/h1-2,5-8,10,12H,3-4,9,11H2/t12-/m0/s1. The normalized spacial score (nSPS) is 19.1. The highest BCUT2D eigenvalue weighted by Crippen LogP contribution is 2.35. The lowest BCUT2D eigenvalue weighted by Gasteiger charge is -2.31. The van der Waals surface area contributed by atoms with E-state index in [1.807, 2.05) is 24.3 Å². The highest BCUT2D eigenvalue weighted by atomic mass is 32.2. The van der Waals surface area contributed by atoms with Crippen molar-refractivity contribution in [2.24, 2.45) is 0 Å². The molecule has 8 heteroatoms. The molecule has 0 N–H and O–H groups in total. The molecular weight excluding hydrogens is 378 g/mol. The van der Waals surface area contributed by atoms with Crippen molar-refractivity contribution in [3.63, 3.8) is 0 Å². The third-order valence-electron chi connectivity index (χ3n) is 4.55. The number of benzene rings is 2. The Labute approximate surface area is 154 Å². The van der Waals surface area contributed by atoms with Gasteiger partial charge in [-0.2, -0.15) is 4.31 Å². The van der Waals surface area contributed by atoms with E-state index in [1.165, 1.54) is 4.31 Å². The van der Waals surface area contributed by atoms with Gasteiger partial charge in [0.05, 0.1) is 15.2 Å². The molecule has 1 fully saturated rings. The Bertz CT molecular complexity index is 1030. The first-order valence-corrected chi connectivity index (χ1v) is 10.5. The number of sulfonamides is 1. The van der Waals surface area contributed by atoms with Crippen molar-refractivity contribution >= 4 is 31.6 Å². The maximum Gasteiger partial charge on any atom is 0.246 e. The summed E-state index contributed by atoms with van der Waals surface area (Å²) in [6.07, 6.45) is 1.47. The third-order valence-corrected chi connectivity index (χ3v) is 7.63. The highest BCUT2D eigenvalue weighted by molar-refractivity contribution is 7.89. The molecule has 136 valence electrons. The lowest BCUT2D eigenvalue weighted by Crippen LogP contribution is -2.39. The molecule has 1 atom stereocenters. The number of para-hydroxylation sites is 1. The molecule has 4 rings (SSSR count). The van der Waals surface area contributed by atoms with Crippen LogP contribution in [0.25, 0.3) is 10.2 Å². The molecule has 0 amide bonds. The van der Waals surface area contributed by atoms with Gasteiger partial charge in [0.25, 0.3) is 0 Å². The molecule has 0 radical (unpaired) electrons. The number of rotatable bonds is 3. The van der Waals surface area contributed by atoms with Gasteiger partial charge in [-0.25, -0.2) is 22.2 Å². The van der Waals surface area contributed by atoms with Crippen LogP contribution in [0.3, 0.4) is 0 Å². The van der Waals surface area contributed by atoms with Crippen LogP contribution in [0, 0.1) is 11.6 Å². The fourth-order valence-electron chi connectivity index (χ4n) is 3.24. The molecule has 26 heavy (non-hydrogen) atoms. The van der Waals surface area contributed by atoms with Gasteiger partial charge in [0.2, 0.25) is 10.0 Å².